The Labute approximate surface area is 285 Å². The predicted octanol–water partition coefficient (Wildman–Crippen LogP) is 6.31. The van der Waals surface area contributed by atoms with Gasteiger partial charge in [0.25, 0.3) is 5.91 Å². The molecule has 0 radical (unpaired) electrons. The van der Waals surface area contributed by atoms with Crippen molar-refractivity contribution in [1.29, 1.82) is 0 Å². The van der Waals surface area contributed by atoms with E-state index in [-0.39, 0.29) is 67.2 Å². The molecule has 3 heterocycles. The van der Waals surface area contributed by atoms with Crippen molar-refractivity contribution in [2.45, 2.75) is 182 Å². The van der Waals surface area contributed by atoms with Gasteiger partial charge in [0.1, 0.15) is 6.61 Å². The van der Waals surface area contributed by atoms with E-state index in [1.165, 1.54) is 38.5 Å². The Bertz CT molecular complexity index is 1130. The highest BCUT2D eigenvalue weighted by Crippen LogP contribution is 2.62. The second-order valence-corrected chi connectivity index (χ2v) is 22.5. The summed E-state index contributed by atoms with van der Waals surface area (Å²) in [5, 5.41) is 10.3. The fraction of sp³-hybridized carbons (Fsp3) is 0.947. The SMILES string of the molecule is COC1CCC([Si](C)(C)[C@@H]2[C@@H](CCO)O[C@]3(C(=O)N(CC4CCCC(N5C(=O)COC6CCCCC65)C4)C4CCCCC43)[C@H]2C)CC1. The summed E-state index contributed by atoms with van der Waals surface area (Å²) in [6.45, 7) is 8.66. The number of carbonyl (C=O) groups excluding carboxylic acids is 2. The molecule has 1 N–H and O–H groups in total. The van der Waals surface area contributed by atoms with Crippen LogP contribution in [-0.2, 0) is 23.8 Å². The van der Waals surface area contributed by atoms with Crippen LogP contribution in [0.1, 0.15) is 116 Å². The zero-order chi connectivity index (χ0) is 32.9. The maximum atomic E-state index is 15.1. The molecule has 2 amide bonds. The van der Waals surface area contributed by atoms with Crippen LogP contribution in [0.2, 0.25) is 24.2 Å². The Morgan fingerprint density at radius 1 is 0.915 bits per heavy atom. The van der Waals surface area contributed by atoms with Crippen LogP contribution >= 0.6 is 0 Å². The lowest BCUT2D eigenvalue weighted by molar-refractivity contribution is -0.167. The summed E-state index contributed by atoms with van der Waals surface area (Å²) in [7, 11) is -0.0304. The number of likely N-dealkylation sites (tertiary alicyclic amines) is 1. The number of hydrogen-bond acceptors (Lipinski definition) is 6. The second-order valence-electron chi connectivity index (χ2n) is 17.4. The molecule has 0 bridgehead atoms. The largest absolute Gasteiger partial charge is 0.396 e. The average Bonchev–Trinajstić information content (AvgIpc) is 3.51. The first-order valence-electron chi connectivity index (χ1n) is 19.8. The third kappa shape index (κ3) is 5.97. The standard InChI is InChI=1S/C38H64N2O6Si/c1-25-36(47(3,4)29-18-16-28(44-2)17-19-29)34(20-21-41)46-38(25)30-12-5-6-13-31(30)39(37(38)43)23-26-10-9-11-27(22-26)40-32-14-7-8-15-33(32)45-24-35(40)42/h25-34,36,41H,5-24H2,1-4H3/t25-,26?,27?,28?,29?,30?,31?,32?,33?,34+,36-,38+/m0/s1. The number of fused-ring (bicyclic) bond motifs is 3. The highest BCUT2D eigenvalue weighted by Gasteiger charge is 2.70. The number of morpholine rings is 1. The van der Waals surface area contributed by atoms with Crippen molar-refractivity contribution >= 4 is 19.9 Å². The summed E-state index contributed by atoms with van der Waals surface area (Å²) in [6, 6.07) is 0.755. The fourth-order valence-electron chi connectivity index (χ4n) is 12.7. The van der Waals surface area contributed by atoms with Crippen molar-refractivity contribution in [1.82, 2.24) is 9.80 Å². The topological polar surface area (TPSA) is 88.5 Å². The maximum absolute atomic E-state index is 15.1. The van der Waals surface area contributed by atoms with E-state index < -0.39 is 13.7 Å². The molecular weight excluding hydrogens is 609 g/mol. The van der Waals surface area contributed by atoms with E-state index in [0.717, 1.165) is 70.8 Å². The zero-order valence-electron chi connectivity index (χ0n) is 29.9. The van der Waals surface area contributed by atoms with E-state index in [1.807, 2.05) is 7.11 Å². The summed E-state index contributed by atoms with van der Waals surface area (Å²) in [4.78, 5) is 33.0. The number of carbonyl (C=O) groups is 2. The van der Waals surface area contributed by atoms with Crippen molar-refractivity contribution in [2.24, 2.45) is 17.8 Å². The molecule has 0 aromatic heterocycles. The lowest BCUT2D eigenvalue weighted by Crippen LogP contribution is -2.60. The number of amides is 2. The van der Waals surface area contributed by atoms with Crippen LogP contribution in [0.5, 0.6) is 0 Å². The van der Waals surface area contributed by atoms with Gasteiger partial charge in [0.15, 0.2) is 5.60 Å². The molecule has 10 atom stereocenters. The van der Waals surface area contributed by atoms with Gasteiger partial charge in [-0.1, -0.05) is 65.0 Å². The van der Waals surface area contributed by atoms with Crippen molar-refractivity contribution in [3.05, 3.63) is 0 Å². The van der Waals surface area contributed by atoms with Gasteiger partial charge >= 0.3 is 0 Å². The Kier molecular flexibility index (Phi) is 10.2. The minimum absolute atomic E-state index is 0.0434. The van der Waals surface area contributed by atoms with Crippen LogP contribution in [0.15, 0.2) is 0 Å². The highest BCUT2D eigenvalue weighted by atomic mass is 28.3. The molecule has 7 fully saturated rings. The lowest BCUT2D eigenvalue weighted by atomic mass is 9.71. The first kappa shape index (κ1) is 34.4. The molecule has 1 spiro atoms. The molecule has 8 nitrogen and oxygen atoms in total. The Balaban J connectivity index is 1.12. The third-order valence-corrected chi connectivity index (χ3v) is 20.2. The molecule has 7 aliphatic rings. The monoisotopic (exact) mass is 672 g/mol. The van der Waals surface area contributed by atoms with E-state index in [0.29, 0.717) is 29.5 Å². The maximum Gasteiger partial charge on any atom is 0.255 e. The summed E-state index contributed by atoms with van der Waals surface area (Å²) in [6.07, 6.45) is 19.2. The number of aliphatic hydroxyl groups excluding tert-OH is 1. The van der Waals surface area contributed by atoms with Gasteiger partial charge in [-0.05, 0) is 87.1 Å². The first-order chi connectivity index (χ1) is 22.7. The van der Waals surface area contributed by atoms with Crippen molar-refractivity contribution in [3.63, 3.8) is 0 Å². The normalized spacial score (nSPS) is 44.6. The second kappa shape index (κ2) is 14.0. The molecular formula is C38H64N2O6Si. The Morgan fingerprint density at radius 2 is 1.64 bits per heavy atom. The molecule has 6 unspecified atom stereocenters. The number of nitrogens with zero attached hydrogens (tertiary/aromatic N) is 2. The van der Waals surface area contributed by atoms with Crippen LogP contribution in [-0.4, -0.2) is 104 Å². The summed E-state index contributed by atoms with van der Waals surface area (Å²) in [5.74, 6) is 1.26. The van der Waals surface area contributed by atoms with Crippen molar-refractivity contribution in [2.75, 3.05) is 26.9 Å². The van der Waals surface area contributed by atoms with Gasteiger partial charge in [-0.25, -0.2) is 0 Å². The van der Waals surface area contributed by atoms with Crippen LogP contribution < -0.4 is 0 Å². The van der Waals surface area contributed by atoms with Gasteiger partial charge in [-0.2, -0.15) is 0 Å². The lowest BCUT2D eigenvalue weighted by Gasteiger charge is -2.49. The molecule has 3 aliphatic heterocycles. The minimum Gasteiger partial charge on any atom is -0.396 e. The van der Waals surface area contributed by atoms with Crippen LogP contribution in [0.3, 0.4) is 0 Å². The number of aliphatic hydroxyl groups is 1. The Morgan fingerprint density at radius 3 is 2.38 bits per heavy atom. The van der Waals surface area contributed by atoms with Gasteiger partial charge in [0.05, 0.1) is 32.4 Å². The first-order valence-corrected chi connectivity index (χ1v) is 22.9. The summed E-state index contributed by atoms with van der Waals surface area (Å²) in [5.41, 5.74) is 0.301. The molecule has 0 aromatic carbocycles. The molecule has 47 heavy (non-hydrogen) atoms. The minimum atomic E-state index is -1.88. The third-order valence-electron chi connectivity index (χ3n) is 14.9. The highest BCUT2D eigenvalue weighted by molar-refractivity contribution is 6.80. The van der Waals surface area contributed by atoms with Gasteiger partial charge in [-0.15, -0.1) is 0 Å². The Hall–Kier alpha value is -1.00. The van der Waals surface area contributed by atoms with E-state index in [4.69, 9.17) is 14.2 Å². The van der Waals surface area contributed by atoms with E-state index in [2.05, 4.69) is 29.8 Å². The smallest absolute Gasteiger partial charge is 0.255 e. The molecule has 4 saturated carbocycles. The van der Waals surface area contributed by atoms with Crippen molar-refractivity contribution < 1.29 is 28.9 Å². The molecule has 7 rings (SSSR count). The number of hydrogen-bond donors (Lipinski definition) is 1. The molecule has 266 valence electrons. The van der Waals surface area contributed by atoms with Crippen LogP contribution in [0.4, 0.5) is 0 Å². The quantitative estimate of drug-likeness (QED) is 0.304. The zero-order valence-corrected chi connectivity index (χ0v) is 30.9. The van der Waals surface area contributed by atoms with Gasteiger partial charge < -0.3 is 29.1 Å². The van der Waals surface area contributed by atoms with E-state index in [1.54, 1.807) is 0 Å². The van der Waals surface area contributed by atoms with E-state index >= 15 is 4.79 Å². The van der Waals surface area contributed by atoms with Crippen molar-refractivity contribution in [3.8, 4) is 0 Å². The molecule has 3 saturated heterocycles. The summed E-state index contributed by atoms with van der Waals surface area (Å²) >= 11 is 0. The van der Waals surface area contributed by atoms with Gasteiger partial charge in [0, 0.05) is 38.3 Å². The number of methoxy groups -OCH3 is 1. The fourth-order valence-corrected chi connectivity index (χ4v) is 17.8. The summed E-state index contributed by atoms with van der Waals surface area (Å²) < 4.78 is 19.0. The van der Waals surface area contributed by atoms with Gasteiger partial charge in [0.2, 0.25) is 5.91 Å². The molecule has 4 aliphatic carbocycles. The average molecular weight is 673 g/mol. The van der Waals surface area contributed by atoms with Crippen LogP contribution in [0, 0.1) is 17.8 Å². The number of rotatable bonds is 8. The number of ether oxygens (including phenoxy) is 3. The van der Waals surface area contributed by atoms with Crippen LogP contribution in [0.25, 0.3) is 0 Å². The van der Waals surface area contributed by atoms with E-state index in [9.17, 15) is 9.90 Å². The van der Waals surface area contributed by atoms with Gasteiger partial charge in [-0.3, -0.25) is 9.59 Å². The molecule has 9 heteroatoms. The molecule has 0 aromatic rings. The predicted molar refractivity (Wildman–Crippen MR) is 185 cm³/mol.